The van der Waals surface area contributed by atoms with E-state index in [4.69, 9.17) is 0 Å². The molecular formula is C13H27BN2. The minimum Gasteiger partial charge on any atom is -0.320 e. The van der Waals surface area contributed by atoms with E-state index in [1.807, 2.05) is 0 Å². The Balaban J connectivity index is 2.88. The van der Waals surface area contributed by atoms with Crippen LogP contribution in [0, 0.1) is 0 Å². The molecule has 0 saturated carbocycles. The van der Waals surface area contributed by atoms with E-state index in [-0.39, 0.29) is 5.54 Å². The minimum absolute atomic E-state index is 0.232. The van der Waals surface area contributed by atoms with Crippen LogP contribution in [0.1, 0.15) is 48.5 Å². The lowest BCUT2D eigenvalue weighted by Gasteiger charge is -2.43. The SMILES string of the molecule is CC(C)N(B1C=CCN1C(C)(C)C)C(C)C. The number of rotatable bonds is 3. The highest BCUT2D eigenvalue weighted by atomic mass is 15.3. The van der Waals surface area contributed by atoms with Crippen molar-refractivity contribution in [3.63, 3.8) is 0 Å². The van der Waals surface area contributed by atoms with Crippen LogP contribution in [0.25, 0.3) is 0 Å². The van der Waals surface area contributed by atoms with Gasteiger partial charge in [0.25, 0.3) is 0 Å². The molecule has 1 aliphatic heterocycles. The van der Waals surface area contributed by atoms with Gasteiger partial charge in [0.2, 0.25) is 0 Å². The third kappa shape index (κ3) is 2.89. The Hall–Kier alpha value is -0.275. The number of nitrogens with zero attached hydrogens (tertiary/aromatic N) is 2. The van der Waals surface area contributed by atoms with Crippen LogP contribution in [0.2, 0.25) is 0 Å². The highest BCUT2D eigenvalue weighted by molar-refractivity contribution is 6.59. The van der Waals surface area contributed by atoms with Gasteiger partial charge in [-0.05, 0) is 32.9 Å². The van der Waals surface area contributed by atoms with Crippen LogP contribution in [-0.4, -0.2) is 40.8 Å². The second kappa shape index (κ2) is 4.93. The van der Waals surface area contributed by atoms with E-state index in [1.54, 1.807) is 0 Å². The maximum absolute atomic E-state index is 2.58. The van der Waals surface area contributed by atoms with Gasteiger partial charge in [0, 0.05) is 12.1 Å². The van der Waals surface area contributed by atoms with Gasteiger partial charge in [-0.15, -0.1) is 0 Å². The van der Waals surface area contributed by atoms with Crippen molar-refractivity contribution in [1.29, 1.82) is 0 Å². The van der Waals surface area contributed by atoms with Gasteiger partial charge in [0.1, 0.15) is 0 Å². The molecular weight excluding hydrogens is 195 g/mol. The molecule has 0 aromatic rings. The summed E-state index contributed by atoms with van der Waals surface area (Å²) in [5, 5.41) is 0. The zero-order valence-electron chi connectivity index (χ0n) is 12.0. The van der Waals surface area contributed by atoms with Crippen LogP contribution in [0.3, 0.4) is 0 Å². The van der Waals surface area contributed by atoms with Gasteiger partial charge >= 0.3 is 6.98 Å². The molecule has 1 rings (SSSR count). The maximum atomic E-state index is 2.58. The summed E-state index contributed by atoms with van der Waals surface area (Å²) in [4.78, 5) is 5.14. The molecule has 16 heavy (non-hydrogen) atoms. The fourth-order valence-corrected chi connectivity index (χ4v) is 2.65. The Morgan fingerprint density at radius 2 is 1.62 bits per heavy atom. The molecule has 0 amide bonds. The summed E-state index contributed by atoms with van der Waals surface area (Å²) in [6.45, 7) is 17.6. The molecule has 0 aliphatic carbocycles. The molecule has 0 aromatic heterocycles. The van der Waals surface area contributed by atoms with Crippen LogP contribution in [0.4, 0.5) is 0 Å². The molecule has 92 valence electrons. The first-order chi connectivity index (χ1) is 7.25. The zero-order valence-corrected chi connectivity index (χ0v) is 12.0. The van der Waals surface area contributed by atoms with E-state index >= 15 is 0 Å². The molecule has 2 nitrogen and oxygen atoms in total. The van der Waals surface area contributed by atoms with Crippen molar-refractivity contribution >= 4 is 6.98 Å². The van der Waals surface area contributed by atoms with E-state index in [9.17, 15) is 0 Å². The van der Waals surface area contributed by atoms with Crippen LogP contribution in [0.15, 0.2) is 12.1 Å². The summed E-state index contributed by atoms with van der Waals surface area (Å²) in [5.41, 5.74) is 0.232. The highest BCUT2D eigenvalue weighted by Gasteiger charge is 2.39. The Bertz CT molecular complexity index is 245. The van der Waals surface area contributed by atoms with E-state index in [1.165, 1.54) is 0 Å². The normalized spacial score (nSPS) is 18.5. The average Bonchev–Trinajstić information content (AvgIpc) is 2.49. The predicted molar refractivity (Wildman–Crippen MR) is 73.5 cm³/mol. The van der Waals surface area contributed by atoms with Crippen molar-refractivity contribution in [3.05, 3.63) is 12.1 Å². The van der Waals surface area contributed by atoms with E-state index in [2.05, 4.69) is 70.1 Å². The summed E-state index contributed by atoms with van der Waals surface area (Å²) in [6.07, 6.45) is 2.30. The topological polar surface area (TPSA) is 6.48 Å². The third-order valence-electron chi connectivity index (χ3n) is 3.29. The van der Waals surface area contributed by atoms with E-state index < -0.39 is 0 Å². The summed E-state index contributed by atoms with van der Waals surface area (Å²) >= 11 is 0. The monoisotopic (exact) mass is 222 g/mol. The molecule has 0 aromatic carbocycles. The molecule has 0 fully saturated rings. The lowest BCUT2D eigenvalue weighted by atomic mass is 9.69. The second-order valence-corrected chi connectivity index (χ2v) is 6.30. The van der Waals surface area contributed by atoms with Crippen molar-refractivity contribution in [2.45, 2.75) is 66.1 Å². The first kappa shape index (κ1) is 13.8. The molecule has 0 unspecified atom stereocenters. The first-order valence-electron chi connectivity index (χ1n) is 6.46. The van der Waals surface area contributed by atoms with Gasteiger partial charge in [-0.2, -0.15) is 0 Å². The highest BCUT2D eigenvalue weighted by Crippen LogP contribution is 2.24. The lowest BCUT2D eigenvalue weighted by molar-refractivity contribution is 0.217. The van der Waals surface area contributed by atoms with Crippen molar-refractivity contribution < 1.29 is 0 Å². The lowest BCUT2D eigenvalue weighted by Crippen LogP contribution is -2.60. The van der Waals surface area contributed by atoms with Gasteiger partial charge in [0.15, 0.2) is 0 Å². The largest absolute Gasteiger partial charge is 0.339 e. The van der Waals surface area contributed by atoms with Crippen molar-refractivity contribution in [3.8, 4) is 0 Å². The van der Waals surface area contributed by atoms with Crippen molar-refractivity contribution in [2.75, 3.05) is 6.54 Å². The van der Waals surface area contributed by atoms with E-state index in [0.29, 0.717) is 19.1 Å². The molecule has 0 atom stereocenters. The molecule has 0 radical (unpaired) electrons. The molecule has 1 heterocycles. The van der Waals surface area contributed by atoms with Crippen LogP contribution < -0.4 is 0 Å². The summed E-state index contributed by atoms with van der Waals surface area (Å²) in [5.74, 6) is 2.35. The van der Waals surface area contributed by atoms with Gasteiger partial charge in [0.05, 0.1) is 0 Å². The van der Waals surface area contributed by atoms with Gasteiger partial charge in [-0.25, -0.2) is 0 Å². The summed E-state index contributed by atoms with van der Waals surface area (Å²) < 4.78 is 0. The Morgan fingerprint density at radius 3 is 2.00 bits per heavy atom. The Morgan fingerprint density at radius 1 is 1.12 bits per heavy atom. The van der Waals surface area contributed by atoms with Crippen molar-refractivity contribution in [2.24, 2.45) is 0 Å². The fraction of sp³-hybridized carbons (Fsp3) is 0.846. The Kier molecular flexibility index (Phi) is 4.25. The third-order valence-corrected chi connectivity index (χ3v) is 3.29. The molecule has 0 N–H and O–H groups in total. The zero-order chi connectivity index (χ0) is 12.5. The van der Waals surface area contributed by atoms with Gasteiger partial charge < -0.3 is 9.62 Å². The molecule has 0 spiro atoms. The van der Waals surface area contributed by atoms with E-state index in [0.717, 1.165) is 6.54 Å². The average molecular weight is 222 g/mol. The quantitative estimate of drug-likeness (QED) is 0.677. The van der Waals surface area contributed by atoms with Crippen molar-refractivity contribution in [1.82, 2.24) is 9.62 Å². The number of hydrogen-bond donors (Lipinski definition) is 0. The standard InChI is InChI=1S/C13H27BN2/c1-11(2)16(12(3)4)14-9-8-10-15(14)13(5,6)7/h8-9,11-12H,10H2,1-7H3. The molecule has 3 heteroatoms. The number of hydrogen-bond acceptors (Lipinski definition) is 2. The van der Waals surface area contributed by atoms with Crippen LogP contribution >= 0.6 is 0 Å². The predicted octanol–water partition coefficient (Wildman–Crippen LogP) is 2.80. The Labute approximate surface area is 102 Å². The summed E-state index contributed by atoms with van der Waals surface area (Å²) in [7, 11) is 0. The van der Waals surface area contributed by atoms with Crippen LogP contribution in [0.5, 0.6) is 0 Å². The molecule has 1 aliphatic rings. The van der Waals surface area contributed by atoms with Gasteiger partial charge in [-0.1, -0.05) is 39.7 Å². The molecule has 0 saturated heterocycles. The smallest absolute Gasteiger partial charge is 0.320 e. The minimum atomic E-state index is 0.232. The summed E-state index contributed by atoms with van der Waals surface area (Å²) in [6, 6.07) is 1.16. The fourth-order valence-electron chi connectivity index (χ4n) is 2.65. The molecule has 0 bridgehead atoms. The van der Waals surface area contributed by atoms with Crippen LogP contribution in [-0.2, 0) is 0 Å². The maximum Gasteiger partial charge on any atom is 0.339 e. The first-order valence-corrected chi connectivity index (χ1v) is 6.46. The van der Waals surface area contributed by atoms with Gasteiger partial charge in [-0.3, -0.25) is 0 Å². The second-order valence-electron chi connectivity index (χ2n) is 6.30.